The first-order chi connectivity index (χ1) is 4.45. The number of rotatable bonds is 0. The zero-order valence-corrected chi connectivity index (χ0v) is 4.94. The number of hydrogen-bond acceptors (Lipinski definition) is 0. The van der Waals surface area contributed by atoms with Crippen molar-refractivity contribution in [1.29, 1.82) is 0 Å². The SMILES string of the molecule is [C]1=C2CC3=CC=C2C3=C1. The van der Waals surface area contributed by atoms with Crippen molar-refractivity contribution < 1.29 is 0 Å². The Balaban J connectivity index is 2.48. The summed E-state index contributed by atoms with van der Waals surface area (Å²) in [5.74, 6) is 0. The van der Waals surface area contributed by atoms with Crippen LogP contribution in [0.25, 0.3) is 0 Å². The van der Waals surface area contributed by atoms with E-state index in [0.717, 1.165) is 6.42 Å². The topological polar surface area (TPSA) is 0 Å². The first-order valence-electron chi connectivity index (χ1n) is 3.20. The molecule has 41 valence electrons. The molecule has 0 unspecified atom stereocenters. The summed E-state index contributed by atoms with van der Waals surface area (Å²) in [5, 5.41) is 0. The summed E-state index contributed by atoms with van der Waals surface area (Å²) >= 11 is 0. The fourth-order valence-corrected chi connectivity index (χ4v) is 1.70. The Morgan fingerprint density at radius 2 is 2.22 bits per heavy atom. The first kappa shape index (κ1) is 3.89. The maximum absolute atomic E-state index is 3.23. The van der Waals surface area contributed by atoms with Gasteiger partial charge < -0.3 is 0 Å². The molecule has 0 heterocycles. The third-order valence-corrected chi connectivity index (χ3v) is 2.17. The van der Waals surface area contributed by atoms with Crippen LogP contribution in [0.1, 0.15) is 6.42 Å². The largest absolute Gasteiger partial charge is 0.0575 e. The predicted molar refractivity (Wildman–Crippen MR) is 35.6 cm³/mol. The molecule has 0 spiro atoms. The minimum atomic E-state index is 1.15. The summed E-state index contributed by atoms with van der Waals surface area (Å²) in [5.41, 5.74) is 5.77. The van der Waals surface area contributed by atoms with Crippen LogP contribution < -0.4 is 0 Å². The fourth-order valence-electron chi connectivity index (χ4n) is 1.70. The van der Waals surface area contributed by atoms with Crippen molar-refractivity contribution in [2.75, 3.05) is 0 Å². The van der Waals surface area contributed by atoms with E-state index in [2.05, 4.69) is 24.3 Å². The van der Waals surface area contributed by atoms with Crippen LogP contribution in [0.4, 0.5) is 0 Å². The van der Waals surface area contributed by atoms with Gasteiger partial charge in [-0.15, -0.1) is 0 Å². The zero-order chi connectivity index (χ0) is 5.84. The third-order valence-electron chi connectivity index (χ3n) is 2.17. The maximum atomic E-state index is 3.23. The van der Waals surface area contributed by atoms with Crippen molar-refractivity contribution in [3.63, 3.8) is 0 Å². The van der Waals surface area contributed by atoms with Gasteiger partial charge in [0.1, 0.15) is 0 Å². The van der Waals surface area contributed by atoms with Gasteiger partial charge in [-0.2, -0.15) is 0 Å². The van der Waals surface area contributed by atoms with E-state index in [1.165, 1.54) is 22.3 Å². The molecular weight excluding hydrogens is 108 g/mol. The summed E-state index contributed by atoms with van der Waals surface area (Å²) < 4.78 is 0. The molecule has 3 aliphatic carbocycles. The Labute approximate surface area is 53.9 Å². The van der Waals surface area contributed by atoms with E-state index in [1.54, 1.807) is 0 Å². The number of allylic oxidation sites excluding steroid dienone is 8. The van der Waals surface area contributed by atoms with Gasteiger partial charge in [0.05, 0.1) is 0 Å². The van der Waals surface area contributed by atoms with Crippen LogP contribution in [0, 0.1) is 6.08 Å². The maximum Gasteiger partial charge on any atom is -0.000727 e. The van der Waals surface area contributed by atoms with Gasteiger partial charge in [-0.1, -0.05) is 12.2 Å². The summed E-state index contributed by atoms with van der Waals surface area (Å²) in [6.45, 7) is 0. The van der Waals surface area contributed by atoms with Gasteiger partial charge in [0.15, 0.2) is 0 Å². The van der Waals surface area contributed by atoms with E-state index in [-0.39, 0.29) is 0 Å². The second-order valence-corrected chi connectivity index (χ2v) is 2.63. The minimum absolute atomic E-state index is 1.15. The molecule has 9 heavy (non-hydrogen) atoms. The Bertz CT molecular complexity index is 277. The Morgan fingerprint density at radius 1 is 1.22 bits per heavy atom. The van der Waals surface area contributed by atoms with Gasteiger partial charge in [-0.25, -0.2) is 0 Å². The van der Waals surface area contributed by atoms with Gasteiger partial charge in [0, 0.05) is 0 Å². The standard InChI is InChI=1S/C9H5/c1-3-8-7-2-4-9(8)6(1)5-7/h1,3-4H,5H2. The molecule has 3 rings (SSSR count). The lowest BCUT2D eigenvalue weighted by atomic mass is 10.1. The second-order valence-electron chi connectivity index (χ2n) is 2.63. The highest BCUT2D eigenvalue weighted by Crippen LogP contribution is 2.47. The van der Waals surface area contributed by atoms with Gasteiger partial charge in [-0.3, -0.25) is 0 Å². The van der Waals surface area contributed by atoms with Gasteiger partial charge in [0.2, 0.25) is 0 Å². The van der Waals surface area contributed by atoms with Crippen molar-refractivity contribution in [1.82, 2.24) is 0 Å². The molecule has 0 atom stereocenters. The average Bonchev–Trinajstić information content (AvgIpc) is 2.50. The summed E-state index contributed by atoms with van der Waals surface area (Å²) in [6.07, 6.45) is 10.9. The van der Waals surface area contributed by atoms with Gasteiger partial charge in [-0.05, 0) is 40.9 Å². The summed E-state index contributed by atoms with van der Waals surface area (Å²) in [6, 6.07) is 0. The van der Waals surface area contributed by atoms with E-state index in [1.807, 2.05) is 0 Å². The van der Waals surface area contributed by atoms with Crippen LogP contribution in [0.2, 0.25) is 0 Å². The number of hydrogen-bond donors (Lipinski definition) is 0. The van der Waals surface area contributed by atoms with Crippen LogP contribution in [0.5, 0.6) is 0 Å². The molecule has 3 aliphatic rings. The van der Waals surface area contributed by atoms with Crippen molar-refractivity contribution in [3.05, 3.63) is 46.6 Å². The Kier molecular flexibility index (Phi) is 0.419. The molecule has 0 amide bonds. The van der Waals surface area contributed by atoms with E-state index in [9.17, 15) is 0 Å². The molecule has 4 bridgehead atoms. The molecule has 0 aliphatic heterocycles. The van der Waals surface area contributed by atoms with E-state index >= 15 is 0 Å². The van der Waals surface area contributed by atoms with Crippen molar-refractivity contribution in [2.24, 2.45) is 0 Å². The summed E-state index contributed by atoms with van der Waals surface area (Å²) in [4.78, 5) is 0. The average molecular weight is 113 g/mol. The quantitative estimate of drug-likeness (QED) is 0.450. The molecule has 0 N–H and O–H groups in total. The van der Waals surface area contributed by atoms with Gasteiger partial charge in [0.25, 0.3) is 0 Å². The Hall–Kier alpha value is -1.04. The lowest BCUT2D eigenvalue weighted by molar-refractivity contribution is 1.23. The highest BCUT2D eigenvalue weighted by Gasteiger charge is 2.30. The highest BCUT2D eigenvalue weighted by molar-refractivity contribution is 5.74. The lowest BCUT2D eigenvalue weighted by Gasteiger charge is -1.96. The van der Waals surface area contributed by atoms with Crippen LogP contribution >= 0.6 is 0 Å². The molecular formula is C9H5. The van der Waals surface area contributed by atoms with Crippen LogP contribution in [-0.4, -0.2) is 0 Å². The summed E-state index contributed by atoms with van der Waals surface area (Å²) in [7, 11) is 0. The van der Waals surface area contributed by atoms with Crippen LogP contribution in [0.15, 0.2) is 40.5 Å². The van der Waals surface area contributed by atoms with Crippen molar-refractivity contribution in [2.45, 2.75) is 6.42 Å². The van der Waals surface area contributed by atoms with E-state index in [0.29, 0.717) is 0 Å². The molecule has 0 saturated heterocycles. The van der Waals surface area contributed by atoms with Crippen molar-refractivity contribution >= 4 is 0 Å². The Morgan fingerprint density at radius 3 is 2.78 bits per heavy atom. The van der Waals surface area contributed by atoms with Crippen molar-refractivity contribution in [3.8, 4) is 0 Å². The lowest BCUT2D eigenvalue weighted by Crippen LogP contribution is -1.78. The molecule has 1 radical (unpaired) electrons. The smallest absolute Gasteiger partial charge is 0.000727 e. The van der Waals surface area contributed by atoms with Crippen LogP contribution in [-0.2, 0) is 0 Å². The first-order valence-corrected chi connectivity index (χ1v) is 3.20. The normalized spacial score (nSPS) is 25.8. The molecule has 0 aromatic rings. The monoisotopic (exact) mass is 113 g/mol. The molecule has 0 aromatic carbocycles. The molecule has 1 saturated carbocycles. The van der Waals surface area contributed by atoms with E-state index < -0.39 is 0 Å². The minimum Gasteiger partial charge on any atom is -0.0575 e. The third kappa shape index (κ3) is 0.275. The highest BCUT2D eigenvalue weighted by atomic mass is 14.3. The molecule has 0 heteroatoms. The van der Waals surface area contributed by atoms with Gasteiger partial charge >= 0.3 is 0 Å². The van der Waals surface area contributed by atoms with E-state index in [4.69, 9.17) is 0 Å². The fraction of sp³-hybridized carbons (Fsp3) is 0.111. The predicted octanol–water partition coefficient (Wildman–Crippen LogP) is 1.93. The van der Waals surface area contributed by atoms with Crippen LogP contribution in [0.3, 0.4) is 0 Å². The molecule has 0 nitrogen and oxygen atoms in total. The zero-order valence-electron chi connectivity index (χ0n) is 4.94. The second kappa shape index (κ2) is 0.971. The molecule has 0 aromatic heterocycles. The molecule has 1 fully saturated rings.